The topological polar surface area (TPSA) is 0 Å². The molecule has 0 atom stereocenters. The Labute approximate surface area is 119 Å². The lowest BCUT2D eigenvalue weighted by Crippen LogP contribution is -1.83. The highest BCUT2D eigenvalue weighted by atomic mass is 14.0. The predicted octanol–water partition coefficient (Wildman–Crippen LogP) is 6.28. The second-order valence-electron chi connectivity index (χ2n) is 4.31. The highest BCUT2D eigenvalue weighted by Gasteiger charge is 1.97. The molecule has 2 rings (SSSR count). The second kappa shape index (κ2) is 9.38. The van der Waals surface area contributed by atoms with E-state index in [2.05, 4.69) is 62.4 Å². The van der Waals surface area contributed by atoms with E-state index in [0.717, 1.165) is 0 Å². The van der Waals surface area contributed by atoms with Gasteiger partial charge in [0, 0.05) is 0 Å². The third-order valence-electron chi connectivity index (χ3n) is 2.88. The molecular weight excluding hydrogens is 228 g/mol. The first-order valence-corrected chi connectivity index (χ1v) is 6.95. The van der Waals surface area contributed by atoms with Gasteiger partial charge in [0.05, 0.1) is 0 Å². The molecule has 0 saturated heterocycles. The van der Waals surface area contributed by atoms with E-state index in [0.29, 0.717) is 0 Å². The van der Waals surface area contributed by atoms with Crippen LogP contribution in [0.3, 0.4) is 0 Å². The first-order valence-electron chi connectivity index (χ1n) is 6.95. The van der Waals surface area contributed by atoms with E-state index < -0.39 is 0 Å². The maximum Gasteiger partial charge on any atom is -0.0184 e. The van der Waals surface area contributed by atoms with Gasteiger partial charge in [0.15, 0.2) is 0 Å². The van der Waals surface area contributed by atoms with Crippen molar-refractivity contribution in [3.05, 3.63) is 59.7 Å². The van der Waals surface area contributed by atoms with Crippen molar-refractivity contribution < 1.29 is 0 Å². The van der Waals surface area contributed by atoms with Crippen LogP contribution in [0.25, 0.3) is 11.1 Å². The molecule has 19 heavy (non-hydrogen) atoms. The largest absolute Gasteiger partial charge is 0.0776 e. The predicted molar refractivity (Wildman–Crippen MR) is 88.7 cm³/mol. The Hall–Kier alpha value is -1.56. The zero-order chi connectivity index (χ0) is 13.4. The van der Waals surface area contributed by atoms with Gasteiger partial charge in [-0.3, -0.25) is 0 Å². The van der Waals surface area contributed by atoms with Crippen LogP contribution in [-0.2, 0) is 6.42 Å². The Balaban J connectivity index is 0.00000103. The molecule has 0 spiro atoms. The lowest BCUT2D eigenvalue weighted by molar-refractivity contribution is 0.922. The summed E-state index contributed by atoms with van der Waals surface area (Å²) in [5.74, 6) is 0. The van der Waals surface area contributed by atoms with Gasteiger partial charge in [-0.25, -0.2) is 0 Å². The van der Waals surface area contributed by atoms with Crippen molar-refractivity contribution in [1.29, 1.82) is 0 Å². The van der Waals surface area contributed by atoms with Crippen LogP contribution in [0.5, 0.6) is 0 Å². The summed E-state index contributed by atoms with van der Waals surface area (Å²) in [4.78, 5) is 0. The summed E-state index contributed by atoms with van der Waals surface area (Å²) in [5, 5.41) is 0. The fourth-order valence-corrected chi connectivity index (χ4v) is 1.90. The van der Waals surface area contributed by atoms with Gasteiger partial charge in [-0.05, 0) is 30.0 Å². The molecule has 0 aliphatic heterocycles. The fraction of sp³-hybridized carbons (Fsp3) is 0.368. The highest BCUT2D eigenvalue weighted by Crippen LogP contribution is 2.20. The molecule has 0 heterocycles. The summed E-state index contributed by atoms with van der Waals surface area (Å²) in [6.07, 6.45) is 2.39. The fourth-order valence-electron chi connectivity index (χ4n) is 1.90. The molecule has 0 radical (unpaired) electrons. The van der Waals surface area contributed by atoms with E-state index in [-0.39, 0.29) is 7.43 Å². The molecular formula is C19H28. The molecule has 0 aromatic heterocycles. The van der Waals surface area contributed by atoms with Crippen LogP contribution in [0.2, 0.25) is 0 Å². The minimum absolute atomic E-state index is 0. The molecule has 0 aliphatic carbocycles. The third kappa shape index (κ3) is 5.30. The Morgan fingerprint density at radius 2 is 1.16 bits per heavy atom. The van der Waals surface area contributed by atoms with Crippen LogP contribution >= 0.6 is 0 Å². The number of rotatable bonds is 3. The molecule has 0 N–H and O–H groups in total. The molecule has 2 aromatic carbocycles. The van der Waals surface area contributed by atoms with E-state index in [1.807, 2.05) is 13.8 Å². The van der Waals surface area contributed by atoms with Crippen molar-refractivity contribution in [2.75, 3.05) is 0 Å². The summed E-state index contributed by atoms with van der Waals surface area (Å²) in [5.41, 5.74) is 5.35. The van der Waals surface area contributed by atoms with Gasteiger partial charge in [0.2, 0.25) is 0 Å². The van der Waals surface area contributed by atoms with Crippen LogP contribution in [0.15, 0.2) is 48.5 Å². The highest BCUT2D eigenvalue weighted by molar-refractivity contribution is 5.63. The monoisotopic (exact) mass is 256 g/mol. The lowest BCUT2D eigenvalue weighted by atomic mass is 10.0. The van der Waals surface area contributed by atoms with E-state index >= 15 is 0 Å². The van der Waals surface area contributed by atoms with Crippen molar-refractivity contribution in [3.63, 3.8) is 0 Å². The summed E-state index contributed by atoms with van der Waals surface area (Å²) in [6, 6.07) is 17.6. The van der Waals surface area contributed by atoms with Crippen molar-refractivity contribution in [2.24, 2.45) is 0 Å². The van der Waals surface area contributed by atoms with Gasteiger partial charge in [-0.2, -0.15) is 0 Å². The summed E-state index contributed by atoms with van der Waals surface area (Å²) >= 11 is 0. The van der Waals surface area contributed by atoms with Crippen molar-refractivity contribution >= 4 is 0 Å². The first kappa shape index (κ1) is 17.4. The lowest BCUT2D eigenvalue weighted by Gasteiger charge is -2.04. The molecule has 2 aromatic rings. The molecule has 0 unspecified atom stereocenters. The Bertz CT molecular complexity index is 434. The molecule has 0 saturated carbocycles. The minimum Gasteiger partial charge on any atom is -0.0776 e. The van der Waals surface area contributed by atoms with E-state index in [1.54, 1.807) is 0 Å². The van der Waals surface area contributed by atoms with Gasteiger partial charge >= 0.3 is 0 Å². The first-order chi connectivity index (χ1) is 8.79. The second-order valence-corrected chi connectivity index (χ2v) is 4.31. The van der Waals surface area contributed by atoms with E-state index in [4.69, 9.17) is 0 Å². The Morgan fingerprint density at radius 3 is 1.58 bits per heavy atom. The summed E-state index contributed by atoms with van der Waals surface area (Å²) in [6.45, 7) is 8.34. The molecule has 0 nitrogen and oxygen atoms in total. The number of hydrogen-bond acceptors (Lipinski definition) is 0. The molecule has 0 aliphatic rings. The van der Waals surface area contributed by atoms with Crippen molar-refractivity contribution in [3.8, 4) is 11.1 Å². The van der Waals surface area contributed by atoms with Gasteiger partial charge in [-0.15, -0.1) is 0 Å². The maximum absolute atomic E-state index is 2.23. The Morgan fingerprint density at radius 1 is 0.737 bits per heavy atom. The quantitative estimate of drug-likeness (QED) is 0.606. The summed E-state index contributed by atoms with van der Waals surface area (Å²) in [7, 11) is 0. The van der Waals surface area contributed by atoms with Crippen LogP contribution in [-0.4, -0.2) is 0 Å². The smallest absolute Gasteiger partial charge is 0.0184 e. The van der Waals surface area contributed by atoms with Gasteiger partial charge < -0.3 is 0 Å². The normalized spacial score (nSPS) is 9.05. The third-order valence-corrected chi connectivity index (χ3v) is 2.88. The van der Waals surface area contributed by atoms with Crippen LogP contribution in [0, 0.1) is 6.92 Å². The van der Waals surface area contributed by atoms with E-state index in [1.165, 1.54) is 35.1 Å². The summed E-state index contributed by atoms with van der Waals surface area (Å²) < 4.78 is 0. The van der Waals surface area contributed by atoms with Gasteiger partial charge in [-0.1, -0.05) is 88.7 Å². The molecule has 0 bridgehead atoms. The molecule has 104 valence electrons. The molecule has 0 amide bonds. The maximum atomic E-state index is 2.23. The van der Waals surface area contributed by atoms with Gasteiger partial charge in [0.25, 0.3) is 0 Å². The number of benzene rings is 2. The standard InChI is InChI=1S/C16H18.C2H6.CH4/c1-3-4-14-7-11-16(12-8-14)15-9-5-13(2)6-10-15;1-2;/h5-12H,3-4H2,1-2H3;1-2H3;1H4. The average molecular weight is 256 g/mol. The zero-order valence-corrected chi connectivity index (χ0v) is 12.0. The minimum atomic E-state index is 0. The van der Waals surface area contributed by atoms with Gasteiger partial charge in [0.1, 0.15) is 0 Å². The van der Waals surface area contributed by atoms with E-state index in [9.17, 15) is 0 Å². The van der Waals surface area contributed by atoms with Crippen molar-refractivity contribution in [2.45, 2.75) is 48.0 Å². The number of aryl methyl sites for hydroxylation is 2. The molecule has 0 fully saturated rings. The van der Waals surface area contributed by atoms with Crippen LogP contribution < -0.4 is 0 Å². The SMILES string of the molecule is C.CC.CCCc1ccc(-c2ccc(C)cc2)cc1. The zero-order valence-electron chi connectivity index (χ0n) is 12.0. The molecule has 0 heteroatoms. The van der Waals surface area contributed by atoms with Crippen LogP contribution in [0.1, 0.15) is 45.7 Å². The van der Waals surface area contributed by atoms with Crippen LogP contribution in [0.4, 0.5) is 0 Å². The number of hydrogen-bond donors (Lipinski definition) is 0. The average Bonchev–Trinajstić information content (AvgIpc) is 2.43. The van der Waals surface area contributed by atoms with Crippen molar-refractivity contribution in [1.82, 2.24) is 0 Å². The Kier molecular flexibility index (Phi) is 8.61.